The first-order chi connectivity index (χ1) is 11.2. The minimum absolute atomic E-state index is 0.0151. The zero-order valence-electron chi connectivity index (χ0n) is 16.0. The first kappa shape index (κ1) is 20.2. The summed E-state index contributed by atoms with van der Waals surface area (Å²) < 4.78 is 6.76. The predicted molar refractivity (Wildman–Crippen MR) is 93.6 cm³/mol. The molecule has 1 heterocycles. The highest BCUT2D eigenvalue weighted by molar-refractivity contribution is 5.84. The molecule has 0 aliphatic rings. The number of carbonyl (C=O) groups is 2. The summed E-state index contributed by atoms with van der Waals surface area (Å²) in [6.07, 6.45) is 0.947. The van der Waals surface area contributed by atoms with E-state index in [4.69, 9.17) is 4.74 Å². The number of ether oxygens (including phenoxy) is 1. The molecule has 0 spiro atoms. The van der Waals surface area contributed by atoms with Crippen molar-refractivity contribution in [3.05, 3.63) is 17.0 Å². The highest BCUT2D eigenvalue weighted by atomic mass is 16.5. The van der Waals surface area contributed by atoms with Crippen molar-refractivity contribution in [1.29, 1.82) is 0 Å². The lowest BCUT2D eigenvalue weighted by Gasteiger charge is -2.19. The Hall–Kier alpha value is -1.85. The summed E-state index contributed by atoms with van der Waals surface area (Å²) in [7, 11) is 1.33. The summed E-state index contributed by atoms with van der Waals surface area (Å²) in [4.78, 5) is 23.9. The maximum absolute atomic E-state index is 12.2. The van der Waals surface area contributed by atoms with Gasteiger partial charge in [0.25, 0.3) is 0 Å². The molecule has 0 aliphatic carbocycles. The Morgan fingerprint density at radius 1 is 1.21 bits per heavy atom. The number of nitrogens with one attached hydrogen (secondary N) is 1. The number of aryl methyl sites for hydroxylation is 1. The van der Waals surface area contributed by atoms with Gasteiger partial charge in [0, 0.05) is 18.7 Å². The Kier molecular flexibility index (Phi) is 7.45. The summed E-state index contributed by atoms with van der Waals surface area (Å²) in [6.45, 7) is 13.0. The van der Waals surface area contributed by atoms with Crippen LogP contribution >= 0.6 is 0 Å². The molecule has 0 unspecified atom stereocenters. The van der Waals surface area contributed by atoms with Crippen molar-refractivity contribution in [3.8, 4) is 0 Å². The standard InChI is InChI=1S/C18H31N3O3/c1-11(2)10-21-14(6)15(13(5)20-21)8-9-16(22)19-17(12(3)4)18(23)24-7/h11-12,17H,8-10H2,1-7H3,(H,19,22)/t17-/m0/s1. The third-order valence-corrected chi connectivity index (χ3v) is 4.11. The van der Waals surface area contributed by atoms with E-state index in [-0.39, 0.29) is 11.8 Å². The lowest BCUT2D eigenvalue weighted by atomic mass is 10.0. The van der Waals surface area contributed by atoms with E-state index < -0.39 is 12.0 Å². The van der Waals surface area contributed by atoms with E-state index in [0.717, 1.165) is 23.5 Å². The van der Waals surface area contributed by atoms with Gasteiger partial charge in [-0.05, 0) is 37.7 Å². The van der Waals surface area contributed by atoms with Crippen molar-refractivity contribution in [3.63, 3.8) is 0 Å². The molecule has 1 rings (SSSR count). The fraction of sp³-hybridized carbons (Fsp3) is 0.722. The first-order valence-electron chi connectivity index (χ1n) is 8.57. The third-order valence-electron chi connectivity index (χ3n) is 4.11. The predicted octanol–water partition coefficient (Wildman–Crippen LogP) is 2.40. The molecule has 24 heavy (non-hydrogen) atoms. The van der Waals surface area contributed by atoms with Gasteiger partial charge >= 0.3 is 5.97 Å². The Morgan fingerprint density at radius 3 is 2.33 bits per heavy atom. The molecule has 1 N–H and O–H groups in total. The number of methoxy groups -OCH3 is 1. The number of nitrogens with zero attached hydrogens (tertiary/aromatic N) is 2. The Bertz CT molecular complexity index is 576. The van der Waals surface area contributed by atoms with E-state index >= 15 is 0 Å². The molecule has 6 heteroatoms. The number of esters is 1. The Labute approximate surface area is 144 Å². The Balaban J connectivity index is 2.70. The second kappa shape index (κ2) is 8.85. The number of rotatable bonds is 8. The molecule has 0 saturated carbocycles. The average molecular weight is 337 g/mol. The molecule has 1 atom stereocenters. The molecule has 0 saturated heterocycles. The van der Waals surface area contributed by atoms with Crippen LogP contribution in [0.3, 0.4) is 0 Å². The van der Waals surface area contributed by atoms with Crippen LogP contribution in [0.2, 0.25) is 0 Å². The van der Waals surface area contributed by atoms with Crippen LogP contribution in [0.5, 0.6) is 0 Å². The number of amides is 1. The van der Waals surface area contributed by atoms with Crippen LogP contribution in [0.25, 0.3) is 0 Å². The third kappa shape index (κ3) is 5.35. The van der Waals surface area contributed by atoms with Crippen LogP contribution in [-0.4, -0.2) is 34.8 Å². The van der Waals surface area contributed by atoms with Gasteiger partial charge in [-0.15, -0.1) is 0 Å². The minimum atomic E-state index is -0.603. The molecule has 0 radical (unpaired) electrons. The normalized spacial score (nSPS) is 12.5. The fourth-order valence-electron chi connectivity index (χ4n) is 2.73. The maximum atomic E-state index is 12.2. The summed E-state index contributed by atoms with van der Waals surface area (Å²) in [5.74, 6) is -0.0466. The topological polar surface area (TPSA) is 73.2 Å². The first-order valence-corrected chi connectivity index (χ1v) is 8.57. The van der Waals surface area contributed by atoms with Gasteiger partial charge in [-0.2, -0.15) is 5.10 Å². The maximum Gasteiger partial charge on any atom is 0.328 e. The van der Waals surface area contributed by atoms with Crippen LogP contribution in [0.1, 0.15) is 51.1 Å². The summed E-state index contributed by atoms with van der Waals surface area (Å²) >= 11 is 0. The van der Waals surface area contributed by atoms with Gasteiger partial charge < -0.3 is 10.1 Å². The number of aromatic nitrogens is 2. The second-order valence-electron chi connectivity index (χ2n) is 7.04. The van der Waals surface area contributed by atoms with Crippen molar-refractivity contribution in [2.75, 3.05) is 7.11 Å². The van der Waals surface area contributed by atoms with Crippen LogP contribution in [0, 0.1) is 25.7 Å². The van der Waals surface area contributed by atoms with Gasteiger partial charge in [0.15, 0.2) is 0 Å². The van der Waals surface area contributed by atoms with E-state index in [1.807, 2.05) is 32.4 Å². The van der Waals surface area contributed by atoms with E-state index in [1.165, 1.54) is 7.11 Å². The van der Waals surface area contributed by atoms with Crippen molar-refractivity contribution in [2.45, 2.75) is 67.0 Å². The van der Waals surface area contributed by atoms with Crippen LogP contribution < -0.4 is 5.32 Å². The number of carbonyl (C=O) groups excluding carboxylic acids is 2. The fourth-order valence-corrected chi connectivity index (χ4v) is 2.73. The smallest absolute Gasteiger partial charge is 0.328 e. The molecule has 0 aromatic carbocycles. The molecule has 0 fully saturated rings. The van der Waals surface area contributed by atoms with Gasteiger partial charge in [0.1, 0.15) is 6.04 Å². The molecule has 0 bridgehead atoms. The monoisotopic (exact) mass is 337 g/mol. The summed E-state index contributed by atoms with van der Waals surface area (Å²) in [6, 6.07) is -0.603. The largest absolute Gasteiger partial charge is 0.467 e. The van der Waals surface area contributed by atoms with Gasteiger partial charge in [-0.3, -0.25) is 9.48 Å². The van der Waals surface area contributed by atoms with E-state index in [0.29, 0.717) is 18.8 Å². The molecular weight excluding hydrogens is 306 g/mol. The average Bonchev–Trinajstić information content (AvgIpc) is 2.75. The van der Waals surface area contributed by atoms with Crippen molar-refractivity contribution in [1.82, 2.24) is 15.1 Å². The molecule has 1 amide bonds. The van der Waals surface area contributed by atoms with E-state index in [1.54, 1.807) is 0 Å². The molecule has 136 valence electrons. The zero-order chi connectivity index (χ0) is 18.4. The second-order valence-corrected chi connectivity index (χ2v) is 7.04. The molecule has 1 aromatic heterocycles. The molecule has 0 aliphatic heterocycles. The summed E-state index contributed by atoms with van der Waals surface area (Å²) in [5.41, 5.74) is 3.20. The van der Waals surface area contributed by atoms with Gasteiger partial charge in [0.2, 0.25) is 5.91 Å². The molecule has 1 aromatic rings. The SMILES string of the molecule is COC(=O)[C@@H](NC(=O)CCc1c(C)nn(CC(C)C)c1C)C(C)C. The van der Waals surface area contributed by atoms with Crippen LogP contribution in [-0.2, 0) is 27.3 Å². The van der Waals surface area contributed by atoms with Crippen molar-refractivity contribution in [2.24, 2.45) is 11.8 Å². The van der Waals surface area contributed by atoms with E-state index in [2.05, 4.69) is 24.3 Å². The van der Waals surface area contributed by atoms with Crippen molar-refractivity contribution < 1.29 is 14.3 Å². The Morgan fingerprint density at radius 2 is 1.83 bits per heavy atom. The minimum Gasteiger partial charge on any atom is -0.467 e. The van der Waals surface area contributed by atoms with Gasteiger partial charge in [0.05, 0.1) is 12.8 Å². The number of hydrogen-bond acceptors (Lipinski definition) is 4. The van der Waals surface area contributed by atoms with E-state index in [9.17, 15) is 9.59 Å². The van der Waals surface area contributed by atoms with Gasteiger partial charge in [-0.25, -0.2) is 4.79 Å². The highest BCUT2D eigenvalue weighted by Gasteiger charge is 2.25. The van der Waals surface area contributed by atoms with Crippen LogP contribution in [0.15, 0.2) is 0 Å². The summed E-state index contributed by atoms with van der Waals surface area (Å²) in [5, 5.41) is 7.34. The quantitative estimate of drug-likeness (QED) is 0.739. The number of hydrogen-bond donors (Lipinski definition) is 1. The zero-order valence-corrected chi connectivity index (χ0v) is 16.0. The van der Waals surface area contributed by atoms with Crippen molar-refractivity contribution >= 4 is 11.9 Å². The van der Waals surface area contributed by atoms with Crippen LogP contribution in [0.4, 0.5) is 0 Å². The van der Waals surface area contributed by atoms with Gasteiger partial charge in [-0.1, -0.05) is 27.7 Å². The lowest BCUT2D eigenvalue weighted by molar-refractivity contribution is -0.146. The lowest BCUT2D eigenvalue weighted by Crippen LogP contribution is -2.45. The molecular formula is C18H31N3O3. The molecule has 6 nitrogen and oxygen atoms in total. The highest BCUT2D eigenvalue weighted by Crippen LogP contribution is 2.16.